The van der Waals surface area contributed by atoms with Gasteiger partial charge in [0.25, 0.3) is 0 Å². The number of rotatable bonds is 3. The van der Waals surface area contributed by atoms with E-state index in [-0.39, 0.29) is 5.75 Å². The fourth-order valence-electron chi connectivity index (χ4n) is 3.06. The molecule has 5 nitrogen and oxygen atoms in total. The summed E-state index contributed by atoms with van der Waals surface area (Å²) in [6.07, 6.45) is 0. The fraction of sp³-hybridized carbons (Fsp3) is 0.0952. The molecule has 3 aromatic carbocycles. The number of aryl methyl sites for hydroxylation is 1. The van der Waals surface area contributed by atoms with Crippen LogP contribution < -0.4 is 0 Å². The van der Waals surface area contributed by atoms with Gasteiger partial charge in [0.15, 0.2) is 5.75 Å². The minimum Gasteiger partial charge on any atom is -0.505 e. The van der Waals surface area contributed by atoms with Crippen molar-refractivity contribution in [1.82, 2.24) is 15.0 Å². The summed E-state index contributed by atoms with van der Waals surface area (Å²) in [6.45, 7) is 1.98. The number of hydrogen-bond donors (Lipinski definition) is 1. The highest BCUT2D eigenvalue weighted by molar-refractivity contribution is 6.15. The molecule has 0 aliphatic carbocycles. The second kappa shape index (κ2) is 6.44. The Bertz CT molecular complexity index is 1080. The fourth-order valence-corrected chi connectivity index (χ4v) is 3.06. The van der Waals surface area contributed by atoms with Crippen molar-refractivity contribution in [3.8, 4) is 11.4 Å². The molecule has 0 atom stereocenters. The topological polar surface area (TPSA) is 63.3 Å². The maximum Gasteiger partial charge on any atom is 0.152 e. The number of hydrogen-bond acceptors (Lipinski definition) is 4. The minimum absolute atomic E-state index is 0.111. The number of benzene rings is 3. The zero-order chi connectivity index (χ0) is 18.1. The molecule has 1 aromatic heterocycles. The molecule has 0 radical (unpaired) electrons. The molecule has 0 amide bonds. The lowest BCUT2D eigenvalue weighted by molar-refractivity contribution is 0.466. The van der Waals surface area contributed by atoms with E-state index in [9.17, 15) is 5.11 Å². The van der Waals surface area contributed by atoms with Crippen LogP contribution >= 0.6 is 0 Å². The molecule has 0 saturated heterocycles. The van der Waals surface area contributed by atoms with Crippen LogP contribution in [0, 0.1) is 6.92 Å². The van der Waals surface area contributed by atoms with Crippen molar-refractivity contribution in [1.29, 1.82) is 0 Å². The van der Waals surface area contributed by atoms with E-state index in [2.05, 4.69) is 15.2 Å². The normalized spacial score (nSPS) is 11.8. The Morgan fingerprint density at radius 1 is 0.923 bits per heavy atom. The highest BCUT2D eigenvalue weighted by Crippen LogP contribution is 2.30. The SMILES string of the molecule is CN=C(c1ccccc1)c1cc(C)cc(-n2nc3ccccc3n2)c1O. The average molecular weight is 342 g/mol. The number of fused-ring (bicyclic) bond motifs is 1. The van der Waals surface area contributed by atoms with Gasteiger partial charge in [-0.3, -0.25) is 4.99 Å². The minimum atomic E-state index is 0.111. The lowest BCUT2D eigenvalue weighted by atomic mass is 9.98. The molecule has 0 spiro atoms. The summed E-state index contributed by atoms with van der Waals surface area (Å²) < 4.78 is 0. The predicted molar refractivity (Wildman–Crippen MR) is 103 cm³/mol. The van der Waals surface area contributed by atoms with Crippen molar-refractivity contribution in [2.45, 2.75) is 6.92 Å². The summed E-state index contributed by atoms with van der Waals surface area (Å²) in [6, 6.07) is 21.2. The standard InChI is InChI=1S/C21H18N4O/c1-14-12-16(20(22-2)15-8-4-3-5-9-15)21(26)19(13-14)25-23-17-10-6-7-11-18(17)24-25/h3-13,26H,1-2H3. The van der Waals surface area contributed by atoms with E-state index >= 15 is 0 Å². The van der Waals surface area contributed by atoms with E-state index in [4.69, 9.17) is 0 Å². The van der Waals surface area contributed by atoms with Crippen LogP contribution in [0.15, 0.2) is 71.7 Å². The first-order chi connectivity index (χ1) is 12.7. The van der Waals surface area contributed by atoms with Crippen molar-refractivity contribution in [3.05, 3.63) is 83.4 Å². The van der Waals surface area contributed by atoms with Gasteiger partial charge in [0.1, 0.15) is 16.7 Å². The maximum atomic E-state index is 11.0. The monoisotopic (exact) mass is 342 g/mol. The molecular formula is C21H18N4O. The molecule has 0 aliphatic rings. The number of phenols is 1. The summed E-state index contributed by atoms with van der Waals surface area (Å²) >= 11 is 0. The summed E-state index contributed by atoms with van der Waals surface area (Å²) in [5.74, 6) is 0.111. The number of phenolic OH excluding ortho intramolecular Hbond substituents is 1. The maximum absolute atomic E-state index is 11.0. The molecule has 0 fully saturated rings. The molecular weight excluding hydrogens is 324 g/mol. The van der Waals surface area contributed by atoms with Crippen LogP contribution in [0.25, 0.3) is 16.7 Å². The lowest BCUT2D eigenvalue weighted by Gasteiger charge is -2.13. The molecule has 0 bridgehead atoms. The van der Waals surface area contributed by atoms with Crippen molar-refractivity contribution >= 4 is 16.7 Å². The van der Waals surface area contributed by atoms with Gasteiger partial charge < -0.3 is 5.11 Å². The predicted octanol–water partition coefficient (Wildman–Crippen LogP) is 3.90. The van der Waals surface area contributed by atoms with E-state index < -0.39 is 0 Å². The van der Waals surface area contributed by atoms with Crippen LogP contribution in [0.3, 0.4) is 0 Å². The molecule has 0 aliphatic heterocycles. The quantitative estimate of drug-likeness (QED) is 0.574. The summed E-state index contributed by atoms with van der Waals surface area (Å²) in [4.78, 5) is 5.90. The summed E-state index contributed by atoms with van der Waals surface area (Å²) in [7, 11) is 1.73. The van der Waals surface area contributed by atoms with Crippen molar-refractivity contribution < 1.29 is 5.11 Å². The molecule has 0 saturated carbocycles. The molecule has 26 heavy (non-hydrogen) atoms. The van der Waals surface area contributed by atoms with Crippen molar-refractivity contribution in [2.75, 3.05) is 7.05 Å². The zero-order valence-corrected chi connectivity index (χ0v) is 14.6. The number of aromatic hydroxyl groups is 1. The van der Waals surface area contributed by atoms with E-state index in [1.165, 1.54) is 4.80 Å². The highest BCUT2D eigenvalue weighted by atomic mass is 16.3. The van der Waals surface area contributed by atoms with Gasteiger partial charge in [-0.1, -0.05) is 42.5 Å². The van der Waals surface area contributed by atoms with Crippen LogP contribution in [-0.4, -0.2) is 32.9 Å². The number of aliphatic imine (C=N–C) groups is 1. The van der Waals surface area contributed by atoms with Gasteiger partial charge in [0, 0.05) is 18.2 Å². The number of nitrogens with zero attached hydrogens (tertiary/aromatic N) is 4. The first kappa shape index (κ1) is 16.0. The second-order valence-corrected chi connectivity index (χ2v) is 6.10. The van der Waals surface area contributed by atoms with Gasteiger partial charge in [-0.25, -0.2) is 0 Å². The second-order valence-electron chi connectivity index (χ2n) is 6.10. The smallest absolute Gasteiger partial charge is 0.152 e. The van der Waals surface area contributed by atoms with Gasteiger partial charge >= 0.3 is 0 Å². The Morgan fingerprint density at radius 3 is 2.15 bits per heavy atom. The Hall–Kier alpha value is -3.47. The van der Waals surface area contributed by atoms with Crippen molar-refractivity contribution in [3.63, 3.8) is 0 Å². The number of aromatic nitrogens is 3. The Labute approximate surface area is 151 Å². The van der Waals surface area contributed by atoms with Crippen LogP contribution in [-0.2, 0) is 0 Å². The van der Waals surface area contributed by atoms with Gasteiger partial charge in [-0.2, -0.15) is 0 Å². The first-order valence-corrected chi connectivity index (χ1v) is 8.36. The molecule has 1 N–H and O–H groups in total. The highest BCUT2D eigenvalue weighted by Gasteiger charge is 2.18. The third-order valence-electron chi connectivity index (χ3n) is 4.26. The Morgan fingerprint density at radius 2 is 1.54 bits per heavy atom. The van der Waals surface area contributed by atoms with Gasteiger partial charge in [-0.15, -0.1) is 15.0 Å². The van der Waals surface area contributed by atoms with Crippen LogP contribution in [0.2, 0.25) is 0 Å². The van der Waals surface area contributed by atoms with Crippen LogP contribution in [0.5, 0.6) is 5.75 Å². The zero-order valence-electron chi connectivity index (χ0n) is 14.6. The van der Waals surface area contributed by atoms with E-state index in [1.54, 1.807) is 7.05 Å². The third kappa shape index (κ3) is 2.73. The summed E-state index contributed by atoms with van der Waals surface area (Å²) in [5, 5.41) is 20.0. The van der Waals surface area contributed by atoms with E-state index in [0.29, 0.717) is 11.3 Å². The Balaban J connectivity index is 1.90. The Kier molecular flexibility index (Phi) is 3.97. The summed E-state index contributed by atoms with van der Waals surface area (Å²) in [5.41, 5.74) is 5.42. The molecule has 4 aromatic rings. The third-order valence-corrected chi connectivity index (χ3v) is 4.26. The van der Waals surface area contributed by atoms with Gasteiger partial charge in [0.2, 0.25) is 0 Å². The van der Waals surface area contributed by atoms with E-state index in [0.717, 1.165) is 27.9 Å². The van der Waals surface area contributed by atoms with E-state index in [1.807, 2.05) is 73.7 Å². The molecule has 128 valence electrons. The molecule has 0 unspecified atom stereocenters. The molecule has 1 heterocycles. The average Bonchev–Trinajstić information content (AvgIpc) is 3.09. The van der Waals surface area contributed by atoms with Gasteiger partial charge in [0.05, 0.1) is 5.71 Å². The largest absolute Gasteiger partial charge is 0.505 e. The lowest BCUT2D eigenvalue weighted by Crippen LogP contribution is -2.08. The van der Waals surface area contributed by atoms with Gasteiger partial charge in [-0.05, 0) is 36.8 Å². The van der Waals surface area contributed by atoms with Crippen LogP contribution in [0.4, 0.5) is 0 Å². The molecule has 4 rings (SSSR count). The first-order valence-electron chi connectivity index (χ1n) is 8.36. The van der Waals surface area contributed by atoms with Crippen LogP contribution in [0.1, 0.15) is 16.7 Å². The molecule has 5 heteroatoms. The van der Waals surface area contributed by atoms with Crippen molar-refractivity contribution in [2.24, 2.45) is 4.99 Å².